The maximum Gasteiger partial charge on any atom is 0.343 e. The Hall–Kier alpha value is 0.400. The minimum atomic E-state index is -4.26. The summed E-state index contributed by atoms with van der Waals surface area (Å²) in [5.41, 5.74) is 0. The van der Waals surface area contributed by atoms with Gasteiger partial charge in [0.25, 0.3) is 0 Å². The Morgan fingerprint density at radius 1 is 1.55 bits per heavy atom. The minimum Gasteiger partial charge on any atom is -0.323 e. The molecule has 7 heteroatoms. The van der Waals surface area contributed by atoms with Crippen molar-refractivity contribution in [1.29, 1.82) is 0 Å². The fourth-order valence-electron chi connectivity index (χ4n) is 0.401. The second kappa shape index (κ2) is 4.43. The van der Waals surface area contributed by atoms with Gasteiger partial charge in [-0.15, -0.1) is 11.6 Å². The van der Waals surface area contributed by atoms with Crippen molar-refractivity contribution in [1.82, 2.24) is 0 Å². The van der Waals surface area contributed by atoms with Crippen LogP contribution in [0.15, 0.2) is 0 Å². The summed E-state index contributed by atoms with van der Waals surface area (Å²) in [6, 6.07) is 0. The number of carbonyl (C=O) groups is 1. The van der Waals surface area contributed by atoms with Crippen LogP contribution in [0.4, 0.5) is 0 Å². The van der Waals surface area contributed by atoms with Crippen LogP contribution in [0.25, 0.3) is 0 Å². The van der Waals surface area contributed by atoms with Crippen LogP contribution in [0.5, 0.6) is 0 Å². The predicted molar refractivity (Wildman–Crippen MR) is 41.8 cm³/mol. The molecule has 0 aliphatic carbocycles. The van der Waals surface area contributed by atoms with E-state index < -0.39 is 18.0 Å². The zero-order valence-electron chi connectivity index (χ0n) is 5.41. The third-order valence-corrected chi connectivity index (χ3v) is 3.10. The second-order valence-electron chi connectivity index (χ2n) is 1.92. The summed E-state index contributed by atoms with van der Waals surface area (Å²) in [7, 11) is -4.26. The average molecular weight is 221 g/mol. The van der Waals surface area contributed by atoms with Crippen molar-refractivity contribution in [3.8, 4) is 0 Å². The summed E-state index contributed by atoms with van der Waals surface area (Å²) in [6.45, 7) is 0. The number of carbonyl (C=O) groups excluding carboxylic acids is 1. The van der Waals surface area contributed by atoms with Gasteiger partial charge in [-0.05, 0) is 18.0 Å². The van der Waals surface area contributed by atoms with Crippen LogP contribution in [-0.4, -0.2) is 20.1 Å². The van der Waals surface area contributed by atoms with Crippen molar-refractivity contribution in [3.63, 3.8) is 0 Å². The molecule has 0 aromatic heterocycles. The summed E-state index contributed by atoms with van der Waals surface area (Å²) in [5.74, 6) is 0. The number of hydrogen-bond acceptors (Lipinski definition) is 2. The van der Waals surface area contributed by atoms with E-state index in [9.17, 15) is 9.36 Å². The third-order valence-electron chi connectivity index (χ3n) is 0.944. The van der Waals surface area contributed by atoms with E-state index >= 15 is 0 Å². The molecule has 0 amide bonds. The Kier molecular flexibility index (Phi) is 4.59. The fraction of sp³-hybridized carbons (Fsp3) is 0.750. The number of halogens is 2. The van der Waals surface area contributed by atoms with Gasteiger partial charge >= 0.3 is 7.60 Å². The number of rotatable bonds is 4. The molecule has 0 aromatic carbocycles. The molecule has 0 aliphatic rings. The zero-order valence-corrected chi connectivity index (χ0v) is 7.81. The van der Waals surface area contributed by atoms with Gasteiger partial charge in [0, 0.05) is 6.42 Å². The fourth-order valence-corrected chi connectivity index (χ4v) is 1.08. The van der Waals surface area contributed by atoms with Gasteiger partial charge in [-0.2, -0.15) is 0 Å². The van der Waals surface area contributed by atoms with Crippen LogP contribution in [0, 0.1) is 0 Å². The molecule has 0 radical (unpaired) electrons. The SMILES string of the molecule is O=C(Cl)CCC(Cl)P(=O)(O)O. The number of hydrogen-bond donors (Lipinski definition) is 2. The van der Waals surface area contributed by atoms with Crippen molar-refractivity contribution >= 4 is 36.0 Å². The van der Waals surface area contributed by atoms with Crippen molar-refractivity contribution in [3.05, 3.63) is 0 Å². The highest BCUT2D eigenvalue weighted by molar-refractivity contribution is 7.54. The molecule has 0 fully saturated rings. The van der Waals surface area contributed by atoms with Crippen molar-refractivity contribution in [2.45, 2.75) is 18.0 Å². The van der Waals surface area contributed by atoms with Gasteiger partial charge in [-0.3, -0.25) is 9.36 Å². The largest absolute Gasteiger partial charge is 0.343 e. The molecule has 0 bridgehead atoms. The molecule has 66 valence electrons. The Labute approximate surface area is 73.7 Å². The van der Waals surface area contributed by atoms with E-state index in [4.69, 9.17) is 33.0 Å². The maximum atomic E-state index is 10.4. The van der Waals surface area contributed by atoms with Crippen LogP contribution in [-0.2, 0) is 9.36 Å². The molecule has 4 nitrogen and oxygen atoms in total. The average Bonchev–Trinajstić information content (AvgIpc) is 1.80. The molecule has 0 saturated heterocycles. The Balaban J connectivity index is 3.80. The van der Waals surface area contributed by atoms with Crippen LogP contribution < -0.4 is 0 Å². The monoisotopic (exact) mass is 220 g/mol. The maximum absolute atomic E-state index is 10.4. The molecule has 0 aliphatic heterocycles. The van der Waals surface area contributed by atoms with Gasteiger partial charge in [0.2, 0.25) is 5.24 Å². The van der Waals surface area contributed by atoms with Gasteiger partial charge in [0.15, 0.2) is 0 Å². The summed E-state index contributed by atoms with van der Waals surface area (Å²) in [6.07, 6.45) is -0.227. The first-order valence-electron chi connectivity index (χ1n) is 2.71. The highest BCUT2D eigenvalue weighted by Crippen LogP contribution is 2.45. The normalized spacial score (nSPS) is 14.5. The lowest BCUT2D eigenvalue weighted by atomic mass is 10.4. The quantitative estimate of drug-likeness (QED) is 0.425. The first-order chi connectivity index (χ1) is 4.84. The summed E-state index contributed by atoms with van der Waals surface area (Å²) < 4.78 is 10.4. The molecule has 0 rings (SSSR count). The molecular formula is C4H7Cl2O4P. The molecule has 1 atom stereocenters. The summed E-state index contributed by atoms with van der Waals surface area (Å²) in [4.78, 5) is 27.0. The van der Waals surface area contributed by atoms with Crippen LogP contribution in [0.1, 0.15) is 12.8 Å². The van der Waals surface area contributed by atoms with Gasteiger partial charge in [-0.1, -0.05) is 0 Å². The summed E-state index contributed by atoms with van der Waals surface area (Å²) in [5, 5.41) is -1.96. The standard InChI is InChI=1S/C4H7Cl2O4P/c5-3(7)1-2-4(6)11(8,9)10/h4H,1-2H2,(H2,8,9,10). The molecule has 11 heavy (non-hydrogen) atoms. The first kappa shape index (κ1) is 11.4. The first-order valence-corrected chi connectivity index (χ1v) is 5.21. The van der Waals surface area contributed by atoms with Crippen molar-refractivity contribution < 1.29 is 19.1 Å². The van der Waals surface area contributed by atoms with Gasteiger partial charge in [-0.25, -0.2) is 0 Å². The molecule has 0 heterocycles. The van der Waals surface area contributed by atoms with E-state index in [1.165, 1.54) is 0 Å². The van der Waals surface area contributed by atoms with E-state index in [0.29, 0.717) is 0 Å². The van der Waals surface area contributed by atoms with Crippen LogP contribution in [0.3, 0.4) is 0 Å². The molecule has 2 N–H and O–H groups in total. The highest BCUT2D eigenvalue weighted by atomic mass is 35.5. The van der Waals surface area contributed by atoms with E-state index in [0.717, 1.165) is 0 Å². The van der Waals surface area contributed by atoms with E-state index in [1.54, 1.807) is 0 Å². The van der Waals surface area contributed by atoms with E-state index in [2.05, 4.69) is 0 Å². The lowest BCUT2D eigenvalue weighted by Crippen LogP contribution is -2.01. The molecule has 0 saturated carbocycles. The highest BCUT2D eigenvalue weighted by Gasteiger charge is 2.26. The van der Waals surface area contributed by atoms with Crippen LogP contribution in [0.2, 0.25) is 0 Å². The molecule has 0 spiro atoms. The Morgan fingerprint density at radius 3 is 2.27 bits per heavy atom. The predicted octanol–water partition coefficient (Wildman–Crippen LogP) is 1.27. The minimum absolute atomic E-state index is 0.103. The molecular weight excluding hydrogens is 214 g/mol. The Morgan fingerprint density at radius 2 is 2.00 bits per heavy atom. The topological polar surface area (TPSA) is 74.6 Å². The summed E-state index contributed by atoms with van der Waals surface area (Å²) >= 11 is 10.1. The van der Waals surface area contributed by atoms with Gasteiger partial charge in [0.1, 0.15) is 5.12 Å². The van der Waals surface area contributed by atoms with Gasteiger partial charge < -0.3 is 9.79 Å². The molecule has 1 unspecified atom stereocenters. The van der Waals surface area contributed by atoms with Gasteiger partial charge in [0.05, 0.1) is 0 Å². The number of alkyl halides is 1. The molecule has 0 aromatic rings. The van der Waals surface area contributed by atoms with E-state index in [-0.39, 0.29) is 12.8 Å². The van der Waals surface area contributed by atoms with Crippen molar-refractivity contribution in [2.24, 2.45) is 0 Å². The second-order valence-corrected chi connectivity index (χ2v) is 4.97. The van der Waals surface area contributed by atoms with E-state index in [1.807, 2.05) is 0 Å². The smallest absolute Gasteiger partial charge is 0.323 e. The van der Waals surface area contributed by atoms with Crippen LogP contribution >= 0.6 is 30.8 Å². The Bertz CT molecular complexity index is 189. The zero-order chi connectivity index (χ0) is 9.07. The third kappa shape index (κ3) is 5.65. The lowest BCUT2D eigenvalue weighted by molar-refractivity contribution is -0.111. The van der Waals surface area contributed by atoms with Crippen molar-refractivity contribution in [2.75, 3.05) is 0 Å². The lowest BCUT2D eigenvalue weighted by Gasteiger charge is -2.08.